The molecule has 0 unspecified atom stereocenters. The van der Waals surface area contributed by atoms with E-state index in [4.69, 9.17) is 9.47 Å². The number of thioether (sulfide) groups is 1. The normalized spacial score (nSPS) is 20.8. The van der Waals surface area contributed by atoms with Crippen LogP contribution in [0.1, 0.15) is 38.5 Å². The predicted octanol–water partition coefficient (Wildman–Crippen LogP) is 2.98. The molecular formula is C17H34IN3O2S. The van der Waals surface area contributed by atoms with Gasteiger partial charge in [-0.05, 0) is 19.3 Å². The monoisotopic (exact) mass is 471 g/mol. The van der Waals surface area contributed by atoms with Crippen molar-refractivity contribution in [1.29, 1.82) is 0 Å². The molecule has 142 valence electrons. The number of nitrogens with zero attached hydrogens (tertiary/aromatic N) is 2. The number of guanidine groups is 1. The fourth-order valence-corrected chi connectivity index (χ4v) is 5.04. The standard InChI is InChI=1S/C17H33N3O2S.HI/c1-18-16(19-9-6-11-22-13-12-21-2)20-10-14-23-17(15-20)7-4-3-5-8-17;/h3-15H2,1-2H3,(H,18,19);1H. The number of ether oxygens (including phenoxy) is 2. The van der Waals surface area contributed by atoms with Gasteiger partial charge < -0.3 is 19.7 Å². The Morgan fingerprint density at radius 3 is 2.71 bits per heavy atom. The Kier molecular flexibility index (Phi) is 11.7. The Bertz CT molecular complexity index is 360. The van der Waals surface area contributed by atoms with Gasteiger partial charge in [-0.2, -0.15) is 11.8 Å². The summed E-state index contributed by atoms with van der Waals surface area (Å²) in [5, 5.41) is 3.51. The molecule has 24 heavy (non-hydrogen) atoms. The number of hydrogen-bond donors (Lipinski definition) is 1. The molecule has 0 aromatic carbocycles. The third-order valence-corrected chi connectivity index (χ3v) is 6.24. The quantitative estimate of drug-likeness (QED) is 0.268. The molecule has 1 aliphatic carbocycles. The Hall–Kier alpha value is 0.270. The summed E-state index contributed by atoms with van der Waals surface area (Å²) in [6, 6.07) is 0. The first-order chi connectivity index (χ1) is 11.3. The SMILES string of the molecule is CN=C(NCCCOCCOC)N1CCSC2(CCCCC2)C1.I. The first-order valence-corrected chi connectivity index (χ1v) is 9.94. The van der Waals surface area contributed by atoms with E-state index in [1.807, 2.05) is 7.05 Å². The van der Waals surface area contributed by atoms with E-state index in [0.717, 1.165) is 38.6 Å². The maximum Gasteiger partial charge on any atom is 0.193 e. The van der Waals surface area contributed by atoms with Crippen molar-refractivity contribution in [2.45, 2.75) is 43.3 Å². The largest absolute Gasteiger partial charge is 0.382 e. The van der Waals surface area contributed by atoms with Gasteiger partial charge >= 0.3 is 0 Å². The second kappa shape index (κ2) is 12.6. The van der Waals surface area contributed by atoms with E-state index < -0.39 is 0 Å². The Morgan fingerprint density at radius 2 is 2.00 bits per heavy atom. The van der Waals surface area contributed by atoms with Crippen molar-refractivity contribution < 1.29 is 9.47 Å². The van der Waals surface area contributed by atoms with E-state index in [1.54, 1.807) is 7.11 Å². The minimum atomic E-state index is 0. The van der Waals surface area contributed by atoms with Crippen LogP contribution >= 0.6 is 35.7 Å². The van der Waals surface area contributed by atoms with Gasteiger partial charge in [0.05, 0.1) is 13.2 Å². The molecule has 1 heterocycles. The highest BCUT2D eigenvalue weighted by Crippen LogP contribution is 2.42. The molecular weight excluding hydrogens is 437 g/mol. The van der Waals surface area contributed by atoms with Crippen LogP contribution in [0.4, 0.5) is 0 Å². The number of rotatable bonds is 7. The maximum absolute atomic E-state index is 5.50. The van der Waals surface area contributed by atoms with Crippen LogP contribution in [0.15, 0.2) is 4.99 Å². The van der Waals surface area contributed by atoms with E-state index in [9.17, 15) is 0 Å². The summed E-state index contributed by atoms with van der Waals surface area (Å²) in [5.41, 5.74) is 0. The first-order valence-electron chi connectivity index (χ1n) is 8.96. The molecule has 0 atom stereocenters. The Balaban J connectivity index is 0.00000288. The van der Waals surface area contributed by atoms with Crippen molar-refractivity contribution in [3.63, 3.8) is 0 Å². The van der Waals surface area contributed by atoms with Crippen molar-refractivity contribution in [2.24, 2.45) is 4.99 Å². The highest BCUT2D eigenvalue weighted by atomic mass is 127. The lowest BCUT2D eigenvalue weighted by Gasteiger charge is -2.45. The molecule has 1 spiro atoms. The number of halogens is 1. The zero-order valence-corrected chi connectivity index (χ0v) is 18.4. The molecule has 5 nitrogen and oxygen atoms in total. The van der Waals surface area contributed by atoms with Crippen molar-refractivity contribution in [3.05, 3.63) is 0 Å². The van der Waals surface area contributed by atoms with E-state index in [-0.39, 0.29) is 24.0 Å². The highest BCUT2D eigenvalue weighted by molar-refractivity contribution is 14.0. The molecule has 1 N–H and O–H groups in total. The van der Waals surface area contributed by atoms with Crippen molar-refractivity contribution in [1.82, 2.24) is 10.2 Å². The van der Waals surface area contributed by atoms with Crippen molar-refractivity contribution >= 4 is 41.7 Å². The minimum Gasteiger partial charge on any atom is -0.382 e. The molecule has 7 heteroatoms. The van der Waals surface area contributed by atoms with Gasteiger partial charge in [0, 0.05) is 50.9 Å². The van der Waals surface area contributed by atoms with Crippen LogP contribution in [0.5, 0.6) is 0 Å². The van der Waals surface area contributed by atoms with Gasteiger partial charge in [0.15, 0.2) is 5.96 Å². The van der Waals surface area contributed by atoms with Crippen LogP contribution < -0.4 is 5.32 Å². The molecule has 2 aliphatic rings. The summed E-state index contributed by atoms with van der Waals surface area (Å²) in [4.78, 5) is 6.96. The topological polar surface area (TPSA) is 46.1 Å². The lowest BCUT2D eigenvalue weighted by molar-refractivity contribution is 0.0698. The van der Waals surface area contributed by atoms with Crippen molar-refractivity contribution in [2.75, 3.05) is 59.4 Å². The molecule has 0 radical (unpaired) electrons. The van der Waals surface area contributed by atoms with Gasteiger partial charge in [-0.3, -0.25) is 4.99 Å². The molecule has 1 aliphatic heterocycles. The number of nitrogens with one attached hydrogen (secondary N) is 1. The zero-order valence-electron chi connectivity index (χ0n) is 15.2. The lowest BCUT2D eigenvalue weighted by atomic mass is 9.87. The lowest BCUT2D eigenvalue weighted by Crippen LogP contribution is -2.53. The summed E-state index contributed by atoms with van der Waals surface area (Å²) in [5.74, 6) is 2.29. The van der Waals surface area contributed by atoms with Gasteiger partial charge in [-0.1, -0.05) is 19.3 Å². The summed E-state index contributed by atoms with van der Waals surface area (Å²) < 4.78 is 11.0. The smallest absolute Gasteiger partial charge is 0.193 e. The van der Waals surface area contributed by atoms with E-state index in [2.05, 4.69) is 27.0 Å². The van der Waals surface area contributed by atoms with Crippen LogP contribution in [-0.2, 0) is 9.47 Å². The molecule has 1 saturated carbocycles. The van der Waals surface area contributed by atoms with Gasteiger partial charge in [0.25, 0.3) is 0 Å². The molecule has 2 fully saturated rings. The van der Waals surface area contributed by atoms with Crippen LogP contribution in [0.25, 0.3) is 0 Å². The fraction of sp³-hybridized carbons (Fsp3) is 0.941. The second-order valence-corrected chi connectivity index (χ2v) is 8.01. The second-order valence-electron chi connectivity index (χ2n) is 6.45. The van der Waals surface area contributed by atoms with Gasteiger partial charge in [-0.25, -0.2) is 0 Å². The summed E-state index contributed by atoms with van der Waals surface area (Å²) in [6.07, 6.45) is 7.95. The van der Waals surface area contributed by atoms with E-state index >= 15 is 0 Å². The molecule has 1 saturated heterocycles. The average Bonchev–Trinajstić information content (AvgIpc) is 2.58. The fourth-order valence-electron chi connectivity index (χ4n) is 3.48. The Morgan fingerprint density at radius 1 is 1.21 bits per heavy atom. The number of hydrogen-bond acceptors (Lipinski definition) is 4. The van der Waals surface area contributed by atoms with Crippen molar-refractivity contribution in [3.8, 4) is 0 Å². The van der Waals surface area contributed by atoms with Crippen LogP contribution in [0.3, 0.4) is 0 Å². The van der Waals surface area contributed by atoms with E-state index in [1.165, 1.54) is 37.9 Å². The zero-order chi connectivity index (χ0) is 16.4. The summed E-state index contributed by atoms with van der Waals surface area (Å²) in [7, 11) is 3.59. The van der Waals surface area contributed by atoms with Gasteiger partial charge in [-0.15, -0.1) is 24.0 Å². The number of aliphatic imine (C=N–C) groups is 1. The first kappa shape index (κ1) is 22.3. The molecule has 0 aromatic heterocycles. The molecule has 0 aromatic rings. The third kappa shape index (κ3) is 7.25. The van der Waals surface area contributed by atoms with Crippen LogP contribution in [0, 0.1) is 0 Å². The van der Waals surface area contributed by atoms with Gasteiger partial charge in [0.2, 0.25) is 0 Å². The maximum atomic E-state index is 5.50. The third-order valence-electron chi connectivity index (χ3n) is 4.70. The van der Waals surface area contributed by atoms with Crippen LogP contribution in [0.2, 0.25) is 0 Å². The summed E-state index contributed by atoms with van der Waals surface area (Å²) >= 11 is 2.20. The highest BCUT2D eigenvalue weighted by Gasteiger charge is 2.38. The van der Waals surface area contributed by atoms with Gasteiger partial charge in [0.1, 0.15) is 0 Å². The minimum absolute atomic E-state index is 0. The molecule has 0 amide bonds. The number of methoxy groups -OCH3 is 1. The molecule has 0 bridgehead atoms. The predicted molar refractivity (Wildman–Crippen MR) is 114 cm³/mol. The Labute approximate surface area is 168 Å². The molecule has 2 rings (SSSR count). The average molecular weight is 471 g/mol. The van der Waals surface area contributed by atoms with Crippen LogP contribution in [-0.4, -0.2) is 75.0 Å². The van der Waals surface area contributed by atoms with E-state index in [0.29, 0.717) is 18.0 Å². The summed E-state index contributed by atoms with van der Waals surface area (Å²) in [6.45, 7) is 5.29.